The fourth-order valence-corrected chi connectivity index (χ4v) is 3.27. The van der Waals surface area contributed by atoms with Gasteiger partial charge in [-0.05, 0) is 13.3 Å². The number of carbonyl (C=O) groups is 1. The van der Waals surface area contributed by atoms with E-state index in [1.165, 1.54) is 11.3 Å². The van der Waals surface area contributed by atoms with Crippen molar-refractivity contribution >= 4 is 27.9 Å². The highest BCUT2D eigenvalue weighted by Crippen LogP contribution is 2.38. The summed E-state index contributed by atoms with van der Waals surface area (Å²) in [5, 5.41) is 12.7. The van der Waals surface area contributed by atoms with Gasteiger partial charge in [0.15, 0.2) is 0 Å². The Morgan fingerprint density at radius 3 is 2.95 bits per heavy atom. The van der Waals surface area contributed by atoms with Gasteiger partial charge < -0.3 is 21.7 Å². The number of carbonyl (C=O) groups excluding carboxylic acids is 1. The minimum Gasteiger partial charge on any atom is -0.396 e. The van der Waals surface area contributed by atoms with Crippen molar-refractivity contribution in [2.75, 3.05) is 30.3 Å². The van der Waals surface area contributed by atoms with Crippen molar-refractivity contribution in [3.63, 3.8) is 0 Å². The van der Waals surface area contributed by atoms with Crippen LogP contribution in [0.1, 0.15) is 28.6 Å². The van der Waals surface area contributed by atoms with Gasteiger partial charge in [-0.1, -0.05) is 0 Å². The van der Waals surface area contributed by atoms with E-state index in [1.807, 2.05) is 11.8 Å². The lowest BCUT2D eigenvalue weighted by atomic mass is 10.2. The molecule has 0 aliphatic carbocycles. The molecule has 0 radical (unpaired) electrons. The maximum absolute atomic E-state index is 11.9. The number of hydrogen-bond acceptors (Lipinski definition) is 6. The molecule has 0 bridgehead atoms. The molecule has 1 saturated heterocycles. The van der Waals surface area contributed by atoms with Crippen LogP contribution in [-0.2, 0) is 0 Å². The maximum Gasteiger partial charge on any atom is 0.263 e. The fourth-order valence-electron chi connectivity index (χ4n) is 2.14. The van der Waals surface area contributed by atoms with Gasteiger partial charge in [0, 0.05) is 25.7 Å². The van der Waals surface area contributed by atoms with Crippen molar-refractivity contribution in [2.24, 2.45) is 5.73 Å². The third kappa shape index (κ3) is 2.50. The van der Waals surface area contributed by atoms with Crippen LogP contribution in [0.2, 0.25) is 0 Å². The number of hydrogen-bond donors (Lipinski definition) is 3. The van der Waals surface area contributed by atoms with Crippen LogP contribution in [-0.4, -0.2) is 31.6 Å². The van der Waals surface area contributed by atoms with Gasteiger partial charge in [0.25, 0.3) is 5.91 Å². The van der Waals surface area contributed by atoms with Gasteiger partial charge in [-0.3, -0.25) is 4.79 Å². The average molecular weight is 279 g/mol. The molecule has 7 heteroatoms. The van der Waals surface area contributed by atoms with Gasteiger partial charge in [-0.15, -0.1) is 11.3 Å². The molecule has 2 rings (SSSR count). The van der Waals surface area contributed by atoms with E-state index in [2.05, 4.69) is 11.4 Å². The van der Waals surface area contributed by atoms with Gasteiger partial charge in [-0.2, -0.15) is 5.26 Å². The zero-order chi connectivity index (χ0) is 14.0. The molecule has 0 spiro atoms. The minimum absolute atomic E-state index is 0.114. The summed E-state index contributed by atoms with van der Waals surface area (Å²) in [7, 11) is 0. The summed E-state index contributed by atoms with van der Waals surface area (Å²) in [5.74, 6) is -0.226. The minimum atomic E-state index is -0.226. The third-order valence-corrected chi connectivity index (χ3v) is 4.36. The van der Waals surface area contributed by atoms with E-state index in [9.17, 15) is 10.1 Å². The standard InChI is InChI=1S/C12H17N5OS/c1-2-16-11(18)10-9(15)8(5-13)12(19-10)17-4-3-7(14)6-17/h7H,2-4,6,14-15H2,1H3,(H,16,18). The first-order valence-corrected chi connectivity index (χ1v) is 7.01. The molecular weight excluding hydrogens is 262 g/mol. The second-order valence-corrected chi connectivity index (χ2v) is 5.49. The molecule has 1 aliphatic rings. The van der Waals surface area contributed by atoms with Crippen LogP contribution < -0.4 is 21.7 Å². The van der Waals surface area contributed by atoms with E-state index in [4.69, 9.17) is 11.5 Å². The largest absolute Gasteiger partial charge is 0.396 e. The Labute approximate surface area is 116 Å². The fraction of sp³-hybridized carbons (Fsp3) is 0.500. The van der Waals surface area contributed by atoms with Crippen molar-refractivity contribution in [3.8, 4) is 6.07 Å². The smallest absolute Gasteiger partial charge is 0.263 e. The molecule has 1 unspecified atom stereocenters. The average Bonchev–Trinajstić information content (AvgIpc) is 2.93. The maximum atomic E-state index is 11.9. The monoisotopic (exact) mass is 279 g/mol. The first-order valence-electron chi connectivity index (χ1n) is 6.19. The molecular formula is C12H17N5OS. The lowest BCUT2D eigenvalue weighted by Gasteiger charge is -2.15. The van der Waals surface area contributed by atoms with E-state index in [0.29, 0.717) is 23.5 Å². The van der Waals surface area contributed by atoms with E-state index >= 15 is 0 Å². The Hall–Kier alpha value is -1.78. The molecule has 1 amide bonds. The van der Waals surface area contributed by atoms with Crippen LogP contribution in [0, 0.1) is 11.3 Å². The number of nitrogens with one attached hydrogen (secondary N) is 1. The number of nitriles is 1. The molecule has 102 valence electrons. The molecule has 1 fully saturated rings. The highest BCUT2D eigenvalue weighted by Gasteiger charge is 2.27. The lowest BCUT2D eigenvalue weighted by Crippen LogP contribution is -2.26. The predicted molar refractivity (Wildman–Crippen MR) is 76.3 cm³/mol. The highest BCUT2D eigenvalue weighted by atomic mass is 32.1. The number of rotatable bonds is 3. The molecule has 1 atom stereocenters. The molecule has 0 saturated carbocycles. The van der Waals surface area contributed by atoms with Crippen LogP contribution in [0.4, 0.5) is 10.7 Å². The molecule has 0 aromatic carbocycles. The zero-order valence-corrected chi connectivity index (χ0v) is 11.6. The second-order valence-electron chi connectivity index (χ2n) is 4.49. The van der Waals surface area contributed by atoms with Crippen molar-refractivity contribution < 1.29 is 4.79 Å². The Bertz CT molecular complexity index is 533. The number of anilines is 2. The summed E-state index contributed by atoms with van der Waals surface area (Å²) in [6.45, 7) is 3.86. The van der Waals surface area contributed by atoms with Gasteiger partial charge in [-0.25, -0.2) is 0 Å². The number of amides is 1. The van der Waals surface area contributed by atoms with E-state index in [0.717, 1.165) is 18.0 Å². The normalized spacial score (nSPS) is 18.4. The Balaban J connectivity index is 2.37. The summed E-state index contributed by atoms with van der Waals surface area (Å²) in [4.78, 5) is 14.3. The molecule has 6 nitrogen and oxygen atoms in total. The Morgan fingerprint density at radius 2 is 2.42 bits per heavy atom. The van der Waals surface area contributed by atoms with Crippen LogP contribution in [0.15, 0.2) is 0 Å². The topological polar surface area (TPSA) is 108 Å². The van der Waals surface area contributed by atoms with Gasteiger partial charge in [0.05, 0.1) is 5.69 Å². The predicted octanol–water partition coefficient (Wildman–Crippen LogP) is 0.489. The van der Waals surface area contributed by atoms with Crippen LogP contribution in [0.25, 0.3) is 0 Å². The van der Waals surface area contributed by atoms with Gasteiger partial charge >= 0.3 is 0 Å². The summed E-state index contributed by atoms with van der Waals surface area (Å²) in [5.41, 5.74) is 12.5. The first kappa shape index (κ1) is 13.6. The Kier molecular flexibility index (Phi) is 3.93. The zero-order valence-electron chi connectivity index (χ0n) is 10.8. The van der Waals surface area contributed by atoms with Crippen molar-refractivity contribution in [1.82, 2.24) is 5.32 Å². The molecule has 1 aromatic rings. The summed E-state index contributed by atoms with van der Waals surface area (Å²) < 4.78 is 0. The van der Waals surface area contributed by atoms with Crippen LogP contribution in [0.3, 0.4) is 0 Å². The first-order chi connectivity index (χ1) is 9.08. The molecule has 2 heterocycles. The lowest BCUT2D eigenvalue weighted by molar-refractivity contribution is 0.0960. The second kappa shape index (κ2) is 5.47. The van der Waals surface area contributed by atoms with Gasteiger partial charge in [0.1, 0.15) is 21.5 Å². The number of nitrogens with zero attached hydrogens (tertiary/aromatic N) is 2. The quantitative estimate of drug-likeness (QED) is 0.746. The van der Waals surface area contributed by atoms with E-state index in [1.54, 1.807) is 0 Å². The number of thiophene rings is 1. The van der Waals surface area contributed by atoms with Crippen molar-refractivity contribution in [3.05, 3.63) is 10.4 Å². The Morgan fingerprint density at radius 1 is 1.68 bits per heavy atom. The van der Waals surface area contributed by atoms with Crippen molar-refractivity contribution in [1.29, 1.82) is 5.26 Å². The highest BCUT2D eigenvalue weighted by molar-refractivity contribution is 7.19. The molecule has 1 aliphatic heterocycles. The molecule has 19 heavy (non-hydrogen) atoms. The summed E-state index contributed by atoms with van der Waals surface area (Å²) >= 11 is 1.27. The van der Waals surface area contributed by atoms with E-state index < -0.39 is 0 Å². The van der Waals surface area contributed by atoms with Crippen LogP contribution in [0.5, 0.6) is 0 Å². The third-order valence-electron chi connectivity index (χ3n) is 3.09. The SMILES string of the molecule is CCNC(=O)c1sc(N2CCC(N)C2)c(C#N)c1N. The number of nitrogen functional groups attached to an aromatic ring is 1. The molecule has 1 aromatic heterocycles. The van der Waals surface area contributed by atoms with Crippen LogP contribution >= 0.6 is 11.3 Å². The van der Waals surface area contributed by atoms with Gasteiger partial charge in [0.2, 0.25) is 0 Å². The number of nitrogens with two attached hydrogens (primary N) is 2. The summed E-state index contributed by atoms with van der Waals surface area (Å²) in [6.07, 6.45) is 0.888. The molecule has 5 N–H and O–H groups in total. The van der Waals surface area contributed by atoms with Crippen molar-refractivity contribution in [2.45, 2.75) is 19.4 Å². The summed E-state index contributed by atoms with van der Waals surface area (Å²) in [6, 6.07) is 2.21. The van der Waals surface area contributed by atoms with E-state index in [-0.39, 0.29) is 17.6 Å².